The molecule has 39 heavy (non-hydrogen) atoms. The van der Waals surface area contributed by atoms with Crippen molar-refractivity contribution in [2.24, 2.45) is 0 Å². The number of carbonyl (C=O) groups is 2. The Hall–Kier alpha value is -4.46. The van der Waals surface area contributed by atoms with Gasteiger partial charge in [-0.25, -0.2) is 0 Å². The van der Waals surface area contributed by atoms with Gasteiger partial charge >= 0.3 is 0 Å². The number of amides is 2. The van der Waals surface area contributed by atoms with Crippen LogP contribution in [-0.2, 0) is 24.3 Å². The van der Waals surface area contributed by atoms with Crippen LogP contribution in [0.15, 0.2) is 72.8 Å². The average Bonchev–Trinajstić information content (AvgIpc) is 3.34. The van der Waals surface area contributed by atoms with Gasteiger partial charge in [0.25, 0.3) is 5.91 Å². The molecule has 1 aliphatic rings. The van der Waals surface area contributed by atoms with Crippen LogP contribution in [0.5, 0.6) is 17.2 Å². The van der Waals surface area contributed by atoms with E-state index in [2.05, 4.69) is 5.32 Å². The van der Waals surface area contributed by atoms with Crippen molar-refractivity contribution in [3.63, 3.8) is 0 Å². The standard InChI is InChI=1S/C31H33N3O5/c1-31(30(36)32-19-21-10-6-5-7-11-21)20-33-24-13-9-8-12-23(24)18-25(33)29(35)34(31)17-16-22-14-15-26(37-2)28(39-4)27(22)38-3/h5-15,18H,16-17,19-20H2,1-4H3,(H,32,36). The summed E-state index contributed by atoms with van der Waals surface area (Å²) >= 11 is 0. The highest BCUT2D eigenvalue weighted by atomic mass is 16.5. The monoisotopic (exact) mass is 527 g/mol. The molecule has 0 fully saturated rings. The Bertz CT molecular complexity index is 1510. The molecule has 1 aromatic heterocycles. The second kappa shape index (κ2) is 10.7. The predicted molar refractivity (Wildman–Crippen MR) is 149 cm³/mol. The van der Waals surface area contributed by atoms with Crippen molar-refractivity contribution in [3.05, 3.63) is 89.6 Å². The Morgan fingerprint density at radius 1 is 0.923 bits per heavy atom. The van der Waals surface area contributed by atoms with E-state index in [9.17, 15) is 9.59 Å². The van der Waals surface area contributed by atoms with Crippen LogP contribution in [-0.4, -0.2) is 54.7 Å². The molecular formula is C31H33N3O5. The molecule has 0 radical (unpaired) electrons. The SMILES string of the molecule is COc1ccc(CCN2C(=O)c3cc4ccccc4n3CC2(C)C(=O)NCc2ccccc2)c(OC)c1OC. The number of para-hydroxylation sites is 1. The number of hydrogen-bond donors (Lipinski definition) is 1. The minimum atomic E-state index is -1.12. The zero-order chi connectivity index (χ0) is 27.6. The molecule has 4 aromatic rings. The van der Waals surface area contributed by atoms with Crippen molar-refractivity contribution in [2.75, 3.05) is 27.9 Å². The highest BCUT2D eigenvalue weighted by molar-refractivity contribution is 6.03. The lowest BCUT2D eigenvalue weighted by Crippen LogP contribution is -2.64. The Kier molecular flexibility index (Phi) is 7.19. The number of methoxy groups -OCH3 is 3. The molecule has 2 heterocycles. The lowest BCUT2D eigenvalue weighted by molar-refractivity contribution is -0.133. The maximum atomic E-state index is 14.0. The second-order valence-electron chi connectivity index (χ2n) is 9.82. The molecule has 0 bridgehead atoms. The summed E-state index contributed by atoms with van der Waals surface area (Å²) in [5.41, 5.74) is 2.23. The molecule has 0 saturated heterocycles. The molecule has 1 atom stereocenters. The molecule has 1 aliphatic heterocycles. The van der Waals surface area contributed by atoms with Crippen molar-refractivity contribution in [1.29, 1.82) is 0 Å². The number of aromatic nitrogens is 1. The number of nitrogens with one attached hydrogen (secondary N) is 1. The molecule has 202 valence electrons. The van der Waals surface area contributed by atoms with Gasteiger partial charge in [-0.15, -0.1) is 0 Å². The molecule has 5 rings (SSSR count). The summed E-state index contributed by atoms with van der Waals surface area (Å²) in [4.78, 5) is 29.6. The van der Waals surface area contributed by atoms with Crippen LogP contribution in [0.2, 0.25) is 0 Å². The molecule has 8 heteroatoms. The van der Waals surface area contributed by atoms with Crippen LogP contribution < -0.4 is 19.5 Å². The van der Waals surface area contributed by atoms with Crippen LogP contribution >= 0.6 is 0 Å². The average molecular weight is 528 g/mol. The van der Waals surface area contributed by atoms with Crippen LogP contribution in [0.4, 0.5) is 0 Å². The van der Waals surface area contributed by atoms with Gasteiger partial charge in [0, 0.05) is 29.6 Å². The minimum Gasteiger partial charge on any atom is -0.493 e. The van der Waals surface area contributed by atoms with E-state index in [0.717, 1.165) is 22.0 Å². The maximum absolute atomic E-state index is 14.0. The largest absolute Gasteiger partial charge is 0.493 e. The highest BCUT2D eigenvalue weighted by Gasteiger charge is 2.47. The van der Waals surface area contributed by atoms with E-state index in [-0.39, 0.29) is 11.8 Å². The third-order valence-corrected chi connectivity index (χ3v) is 7.51. The van der Waals surface area contributed by atoms with Gasteiger partial charge in [-0.1, -0.05) is 54.6 Å². The number of benzene rings is 3. The molecule has 1 unspecified atom stereocenters. The van der Waals surface area contributed by atoms with E-state index in [4.69, 9.17) is 14.2 Å². The Labute approximate surface area is 228 Å². The quantitative estimate of drug-likeness (QED) is 0.348. The number of rotatable bonds is 9. The Morgan fingerprint density at radius 3 is 2.36 bits per heavy atom. The van der Waals surface area contributed by atoms with Crippen LogP contribution in [0.1, 0.15) is 28.5 Å². The van der Waals surface area contributed by atoms with Gasteiger partial charge in [-0.05, 0) is 37.1 Å². The third kappa shape index (κ3) is 4.67. The fourth-order valence-corrected chi connectivity index (χ4v) is 5.42. The van der Waals surface area contributed by atoms with Crippen molar-refractivity contribution < 1.29 is 23.8 Å². The van der Waals surface area contributed by atoms with Crippen molar-refractivity contribution in [3.8, 4) is 17.2 Å². The van der Waals surface area contributed by atoms with Gasteiger partial charge in [-0.2, -0.15) is 0 Å². The first-order valence-corrected chi connectivity index (χ1v) is 12.9. The van der Waals surface area contributed by atoms with Crippen LogP contribution in [0.3, 0.4) is 0 Å². The molecule has 0 saturated carbocycles. The highest BCUT2D eigenvalue weighted by Crippen LogP contribution is 2.40. The zero-order valence-corrected chi connectivity index (χ0v) is 22.7. The van der Waals surface area contributed by atoms with Gasteiger partial charge in [0.05, 0.1) is 27.9 Å². The zero-order valence-electron chi connectivity index (χ0n) is 22.7. The predicted octanol–water partition coefficient (Wildman–Crippen LogP) is 4.44. The van der Waals surface area contributed by atoms with E-state index in [1.165, 1.54) is 0 Å². The Balaban J connectivity index is 1.50. The number of ether oxygens (including phenoxy) is 3. The summed E-state index contributed by atoms with van der Waals surface area (Å²) in [5.74, 6) is 1.20. The van der Waals surface area contributed by atoms with Gasteiger partial charge in [0.1, 0.15) is 11.2 Å². The summed E-state index contributed by atoms with van der Waals surface area (Å²) < 4.78 is 18.6. The first kappa shape index (κ1) is 26.2. The molecule has 2 amide bonds. The van der Waals surface area contributed by atoms with Gasteiger partial charge in [-0.3, -0.25) is 9.59 Å². The topological polar surface area (TPSA) is 82.0 Å². The lowest BCUT2D eigenvalue weighted by Gasteiger charge is -2.44. The lowest BCUT2D eigenvalue weighted by atomic mass is 9.93. The molecule has 8 nitrogen and oxygen atoms in total. The van der Waals surface area contributed by atoms with Crippen LogP contribution in [0, 0.1) is 0 Å². The van der Waals surface area contributed by atoms with Crippen LogP contribution in [0.25, 0.3) is 10.9 Å². The van der Waals surface area contributed by atoms with E-state index >= 15 is 0 Å². The Morgan fingerprint density at radius 2 is 1.64 bits per heavy atom. The summed E-state index contributed by atoms with van der Waals surface area (Å²) in [6.45, 7) is 2.86. The fraction of sp³-hybridized carbons (Fsp3) is 0.290. The number of carbonyl (C=O) groups excluding carboxylic acids is 2. The summed E-state index contributed by atoms with van der Waals surface area (Å²) in [5, 5.41) is 4.05. The smallest absolute Gasteiger partial charge is 0.271 e. The fourth-order valence-electron chi connectivity index (χ4n) is 5.42. The van der Waals surface area contributed by atoms with E-state index in [1.54, 1.807) is 26.2 Å². The molecule has 0 spiro atoms. The number of nitrogens with zero attached hydrogens (tertiary/aromatic N) is 2. The summed E-state index contributed by atoms with van der Waals surface area (Å²) in [6.07, 6.45) is 0.455. The van der Waals surface area contributed by atoms with Crippen molar-refractivity contribution in [2.45, 2.75) is 32.0 Å². The number of hydrogen-bond acceptors (Lipinski definition) is 5. The van der Waals surface area contributed by atoms with E-state index in [1.807, 2.05) is 84.3 Å². The second-order valence-corrected chi connectivity index (χ2v) is 9.82. The summed E-state index contributed by atoms with van der Waals surface area (Å²) in [7, 11) is 4.71. The van der Waals surface area contributed by atoms with Crippen molar-refractivity contribution in [1.82, 2.24) is 14.8 Å². The number of fused-ring (bicyclic) bond motifs is 3. The van der Waals surface area contributed by atoms with E-state index < -0.39 is 5.54 Å². The van der Waals surface area contributed by atoms with Gasteiger partial charge < -0.3 is 29.0 Å². The molecular weight excluding hydrogens is 494 g/mol. The third-order valence-electron chi connectivity index (χ3n) is 7.51. The van der Waals surface area contributed by atoms with Gasteiger partial charge in [0.15, 0.2) is 11.5 Å². The maximum Gasteiger partial charge on any atom is 0.271 e. The first-order valence-electron chi connectivity index (χ1n) is 12.9. The van der Waals surface area contributed by atoms with E-state index in [0.29, 0.717) is 49.0 Å². The molecule has 3 aromatic carbocycles. The first-order chi connectivity index (χ1) is 18.9. The molecule has 0 aliphatic carbocycles. The normalized spacial score (nSPS) is 16.6. The van der Waals surface area contributed by atoms with Crippen molar-refractivity contribution >= 4 is 22.7 Å². The summed E-state index contributed by atoms with van der Waals surface area (Å²) in [6, 6.07) is 23.2. The molecule has 1 N–H and O–H groups in total. The minimum absolute atomic E-state index is 0.186. The van der Waals surface area contributed by atoms with Gasteiger partial charge in [0.2, 0.25) is 11.7 Å².